The van der Waals surface area contributed by atoms with Gasteiger partial charge in [-0.15, -0.1) is 0 Å². The topological polar surface area (TPSA) is 83.6 Å². The van der Waals surface area contributed by atoms with Crippen molar-refractivity contribution >= 4 is 23.1 Å². The van der Waals surface area contributed by atoms with Gasteiger partial charge < -0.3 is 29.3 Å². The monoisotopic (exact) mass is 608 g/mol. The lowest BCUT2D eigenvalue weighted by molar-refractivity contribution is -0.131. The first-order chi connectivity index (χ1) is 21.8. The maximum Gasteiger partial charge on any atom is 0.242 e. The van der Waals surface area contributed by atoms with Gasteiger partial charge in [-0.1, -0.05) is 44.2 Å². The number of piperazine rings is 1. The van der Waals surface area contributed by atoms with Crippen LogP contribution < -0.4 is 24.4 Å². The Morgan fingerprint density at radius 2 is 1.71 bits per heavy atom. The number of carbonyl (C=O) groups excluding carboxylic acids is 2. The van der Waals surface area contributed by atoms with Crippen molar-refractivity contribution in [1.82, 2.24) is 9.80 Å². The van der Waals surface area contributed by atoms with Gasteiger partial charge in [0.15, 0.2) is 17.3 Å². The Hall–Kier alpha value is -4.50. The lowest BCUT2D eigenvalue weighted by atomic mass is 9.73. The quantitative estimate of drug-likeness (QED) is 0.399. The number of ketones is 1. The zero-order chi connectivity index (χ0) is 31.1. The van der Waals surface area contributed by atoms with E-state index in [2.05, 4.69) is 35.0 Å². The van der Waals surface area contributed by atoms with Crippen molar-refractivity contribution in [1.29, 1.82) is 0 Å². The Morgan fingerprint density at radius 3 is 2.49 bits per heavy atom. The number of amides is 1. The lowest BCUT2D eigenvalue weighted by Crippen LogP contribution is -2.51. The van der Waals surface area contributed by atoms with E-state index in [1.54, 1.807) is 7.11 Å². The van der Waals surface area contributed by atoms with Crippen molar-refractivity contribution in [3.63, 3.8) is 0 Å². The van der Waals surface area contributed by atoms with Crippen LogP contribution in [-0.4, -0.2) is 68.1 Å². The Morgan fingerprint density at radius 1 is 0.956 bits per heavy atom. The molecule has 4 aliphatic rings. The van der Waals surface area contributed by atoms with Crippen molar-refractivity contribution in [3.05, 3.63) is 89.1 Å². The molecular weight excluding hydrogens is 568 g/mol. The normalized spacial score (nSPS) is 20.7. The number of ether oxygens (including phenoxy) is 3. The minimum Gasteiger partial charge on any atom is -0.497 e. The number of methoxy groups -OCH3 is 1. The summed E-state index contributed by atoms with van der Waals surface area (Å²) in [6.45, 7) is 8.35. The molecule has 0 aromatic heterocycles. The molecule has 45 heavy (non-hydrogen) atoms. The van der Waals surface area contributed by atoms with Crippen molar-refractivity contribution in [2.75, 3.05) is 56.8 Å². The molecule has 1 atom stereocenters. The van der Waals surface area contributed by atoms with Crippen LogP contribution in [0.3, 0.4) is 0 Å². The summed E-state index contributed by atoms with van der Waals surface area (Å²) in [7, 11) is 1.65. The highest BCUT2D eigenvalue weighted by molar-refractivity contribution is 6.02. The van der Waals surface area contributed by atoms with E-state index in [0.717, 1.165) is 71.5 Å². The minimum atomic E-state index is -0.415. The molecule has 3 heterocycles. The average molecular weight is 609 g/mol. The van der Waals surface area contributed by atoms with Crippen LogP contribution in [0, 0.1) is 5.41 Å². The molecule has 1 fully saturated rings. The molecule has 1 saturated heterocycles. The Balaban J connectivity index is 1.15. The first-order valence-electron chi connectivity index (χ1n) is 15.7. The minimum absolute atomic E-state index is 0.0543. The number of anilines is 2. The van der Waals surface area contributed by atoms with E-state index < -0.39 is 6.04 Å². The van der Waals surface area contributed by atoms with Gasteiger partial charge in [0.05, 0.1) is 31.1 Å². The zero-order valence-electron chi connectivity index (χ0n) is 26.2. The van der Waals surface area contributed by atoms with Gasteiger partial charge in [0.2, 0.25) is 12.7 Å². The fraction of sp³-hybridized carbons (Fsp3) is 0.389. The zero-order valence-corrected chi connectivity index (χ0v) is 26.2. The van der Waals surface area contributed by atoms with E-state index in [4.69, 9.17) is 14.2 Å². The standard InChI is InChI=1S/C36H40N4O5/c1-36(2)19-28-34(30(41)20-36)35(25-9-11-26(43-3)12-10-25)40(29-7-5-4-6-27(29)37-28)22-33(42)39-16-14-38(15-17-39)21-24-8-13-31-32(18-24)45-23-44-31/h4-13,18,35,37H,14-17,19-23H2,1-3H3. The van der Waals surface area contributed by atoms with Gasteiger partial charge >= 0.3 is 0 Å². The average Bonchev–Trinajstić information content (AvgIpc) is 3.45. The molecule has 234 valence electrons. The molecular formula is C36H40N4O5. The van der Waals surface area contributed by atoms with E-state index in [1.807, 2.05) is 65.6 Å². The van der Waals surface area contributed by atoms with Crippen LogP contribution >= 0.6 is 0 Å². The summed E-state index contributed by atoms with van der Waals surface area (Å²) in [5.74, 6) is 2.50. The number of allylic oxidation sites excluding steroid dienone is 1. The van der Waals surface area contributed by atoms with Gasteiger partial charge in [0.25, 0.3) is 0 Å². The fourth-order valence-electron chi connectivity index (χ4n) is 7.06. The van der Waals surface area contributed by atoms with Gasteiger partial charge in [-0.3, -0.25) is 14.5 Å². The summed E-state index contributed by atoms with van der Waals surface area (Å²) in [5, 5.41) is 3.64. The van der Waals surface area contributed by atoms with Gasteiger partial charge in [0.1, 0.15) is 5.75 Å². The lowest BCUT2D eigenvalue weighted by Gasteiger charge is -2.40. The predicted octanol–water partition coefficient (Wildman–Crippen LogP) is 5.38. The molecule has 9 heteroatoms. The number of benzene rings is 3. The molecule has 9 nitrogen and oxygen atoms in total. The number of nitrogens with zero attached hydrogens (tertiary/aromatic N) is 3. The Labute approximate surface area is 264 Å². The number of nitrogens with one attached hydrogen (secondary N) is 1. The SMILES string of the molecule is COc1ccc(C2C3=C(CC(C)(C)CC3=O)Nc3ccccc3N2CC(=O)N2CCN(Cc3ccc4c(c3)OCO4)CC2)cc1. The highest BCUT2D eigenvalue weighted by Crippen LogP contribution is 2.48. The molecule has 1 amide bonds. The van der Waals surface area contributed by atoms with Crippen LogP contribution in [-0.2, 0) is 16.1 Å². The maximum absolute atomic E-state index is 14.1. The molecule has 1 aliphatic carbocycles. The fourth-order valence-corrected chi connectivity index (χ4v) is 7.06. The predicted molar refractivity (Wildman–Crippen MR) is 173 cm³/mol. The molecule has 1 N–H and O–H groups in total. The summed E-state index contributed by atoms with van der Waals surface area (Å²) in [6, 6.07) is 21.6. The largest absolute Gasteiger partial charge is 0.497 e. The second-order valence-corrected chi connectivity index (χ2v) is 13.1. The van der Waals surface area contributed by atoms with Crippen LogP contribution in [0.4, 0.5) is 11.4 Å². The van der Waals surface area contributed by atoms with Crippen molar-refractivity contribution in [2.45, 2.75) is 39.3 Å². The highest BCUT2D eigenvalue weighted by Gasteiger charge is 2.42. The highest BCUT2D eigenvalue weighted by atomic mass is 16.7. The molecule has 0 radical (unpaired) electrons. The molecule has 7 rings (SSSR count). The molecule has 0 bridgehead atoms. The van der Waals surface area contributed by atoms with Crippen LogP contribution in [0.2, 0.25) is 0 Å². The van der Waals surface area contributed by atoms with Gasteiger partial charge in [-0.2, -0.15) is 0 Å². The van der Waals surface area contributed by atoms with Crippen LogP contribution in [0.25, 0.3) is 0 Å². The third kappa shape index (κ3) is 5.84. The maximum atomic E-state index is 14.1. The van der Waals surface area contributed by atoms with E-state index in [-0.39, 0.29) is 30.4 Å². The number of fused-ring (bicyclic) bond motifs is 2. The number of hydrogen-bond donors (Lipinski definition) is 1. The van der Waals surface area contributed by atoms with E-state index in [1.165, 1.54) is 5.56 Å². The van der Waals surface area contributed by atoms with Gasteiger partial charge in [-0.05, 0) is 59.4 Å². The Bertz CT molecular complexity index is 1640. The Kier molecular flexibility index (Phi) is 7.65. The number of hydrogen-bond acceptors (Lipinski definition) is 8. The number of para-hydroxylation sites is 2. The van der Waals surface area contributed by atoms with Crippen LogP contribution in [0.15, 0.2) is 78.0 Å². The summed E-state index contributed by atoms with van der Waals surface area (Å²) in [5.41, 5.74) is 5.47. The summed E-state index contributed by atoms with van der Waals surface area (Å²) in [4.78, 5) is 34.5. The van der Waals surface area contributed by atoms with Gasteiger partial charge in [0, 0.05) is 50.4 Å². The van der Waals surface area contributed by atoms with E-state index in [9.17, 15) is 9.59 Å². The molecule has 0 saturated carbocycles. The molecule has 0 spiro atoms. The van der Waals surface area contributed by atoms with Gasteiger partial charge in [-0.25, -0.2) is 0 Å². The number of carbonyl (C=O) groups is 2. The second-order valence-electron chi connectivity index (χ2n) is 13.1. The third-order valence-electron chi connectivity index (χ3n) is 9.31. The summed E-state index contributed by atoms with van der Waals surface area (Å²) < 4.78 is 16.5. The van der Waals surface area contributed by atoms with Crippen molar-refractivity contribution < 1.29 is 23.8 Å². The second kappa shape index (κ2) is 11.8. The summed E-state index contributed by atoms with van der Waals surface area (Å²) in [6.07, 6.45) is 1.21. The van der Waals surface area contributed by atoms with Crippen molar-refractivity contribution in [2.24, 2.45) is 5.41 Å². The number of Topliss-reactive ketones (excluding diaryl/α,β-unsaturated/α-hetero) is 1. The van der Waals surface area contributed by atoms with Crippen LogP contribution in [0.1, 0.15) is 43.9 Å². The number of rotatable bonds is 6. The first-order valence-corrected chi connectivity index (χ1v) is 15.7. The van der Waals surface area contributed by atoms with Crippen molar-refractivity contribution in [3.8, 4) is 17.2 Å². The van der Waals surface area contributed by atoms with E-state index >= 15 is 0 Å². The molecule has 1 unspecified atom stereocenters. The molecule has 3 aromatic carbocycles. The smallest absolute Gasteiger partial charge is 0.242 e. The third-order valence-corrected chi connectivity index (χ3v) is 9.31. The molecule has 3 aliphatic heterocycles. The van der Waals surface area contributed by atoms with Crippen LogP contribution in [0.5, 0.6) is 17.2 Å². The molecule has 3 aromatic rings. The first kappa shape index (κ1) is 29.2. The van der Waals surface area contributed by atoms with E-state index in [0.29, 0.717) is 19.5 Å². The summed E-state index contributed by atoms with van der Waals surface area (Å²) >= 11 is 0.